The summed E-state index contributed by atoms with van der Waals surface area (Å²) in [5.41, 5.74) is 1.04. The van der Waals surface area contributed by atoms with Crippen LogP contribution in [0.2, 0.25) is 0 Å². The molecule has 0 aliphatic rings. The molecule has 4 heteroatoms. The number of esters is 2. The summed E-state index contributed by atoms with van der Waals surface area (Å²) < 4.78 is 10.3. The Bertz CT molecular complexity index is 498. The van der Waals surface area contributed by atoms with E-state index in [9.17, 15) is 9.59 Å². The minimum atomic E-state index is -0.369. The largest absolute Gasteiger partial charge is 0.427 e. The van der Waals surface area contributed by atoms with Gasteiger partial charge in [-0.2, -0.15) is 0 Å². The predicted octanol–water partition coefficient (Wildman–Crippen LogP) is 3.52. The lowest BCUT2D eigenvalue weighted by Crippen LogP contribution is -2.09. The standard InChI is InChI=1S/C16H22O4/c1-11(17)19-14-6-7-15(20-12(2)18)13(10-14)8-9-16(3,4)5/h6-7,10H,8-9H2,1-5H3. The van der Waals surface area contributed by atoms with Crippen molar-refractivity contribution >= 4 is 11.9 Å². The molecule has 0 fully saturated rings. The molecule has 4 nitrogen and oxygen atoms in total. The topological polar surface area (TPSA) is 52.6 Å². The maximum Gasteiger partial charge on any atom is 0.308 e. The van der Waals surface area contributed by atoms with Crippen molar-refractivity contribution in [2.75, 3.05) is 0 Å². The first kappa shape index (κ1) is 16.2. The molecule has 0 amide bonds. The minimum Gasteiger partial charge on any atom is -0.427 e. The van der Waals surface area contributed by atoms with E-state index in [0.717, 1.165) is 18.4 Å². The molecule has 0 saturated heterocycles. The summed E-state index contributed by atoms with van der Waals surface area (Å²) in [5.74, 6) is 0.268. The van der Waals surface area contributed by atoms with Crippen LogP contribution in [0.4, 0.5) is 0 Å². The van der Waals surface area contributed by atoms with Gasteiger partial charge in [-0.25, -0.2) is 0 Å². The molecule has 0 aromatic heterocycles. The summed E-state index contributed by atoms with van der Waals surface area (Å²) in [6.45, 7) is 9.17. The van der Waals surface area contributed by atoms with E-state index in [-0.39, 0.29) is 17.4 Å². The zero-order valence-electron chi connectivity index (χ0n) is 12.8. The van der Waals surface area contributed by atoms with Crippen LogP contribution in [-0.4, -0.2) is 11.9 Å². The Labute approximate surface area is 120 Å². The predicted molar refractivity (Wildman–Crippen MR) is 76.8 cm³/mol. The van der Waals surface area contributed by atoms with E-state index < -0.39 is 0 Å². The van der Waals surface area contributed by atoms with E-state index in [1.807, 2.05) is 0 Å². The number of hydrogen-bond acceptors (Lipinski definition) is 4. The summed E-state index contributed by atoms with van der Waals surface area (Å²) >= 11 is 0. The molecule has 0 aliphatic heterocycles. The van der Waals surface area contributed by atoms with Crippen molar-refractivity contribution < 1.29 is 19.1 Å². The zero-order valence-corrected chi connectivity index (χ0v) is 12.8. The van der Waals surface area contributed by atoms with Crippen molar-refractivity contribution in [3.63, 3.8) is 0 Å². The van der Waals surface area contributed by atoms with Gasteiger partial charge in [0.25, 0.3) is 0 Å². The Morgan fingerprint density at radius 3 is 2.15 bits per heavy atom. The normalized spacial score (nSPS) is 11.1. The number of carbonyl (C=O) groups excluding carboxylic acids is 2. The first-order valence-electron chi connectivity index (χ1n) is 6.67. The van der Waals surface area contributed by atoms with Crippen LogP contribution in [0.15, 0.2) is 18.2 Å². The number of aryl methyl sites for hydroxylation is 1. The third-order valence-electron chi connectivity index (χ3n) is 2.69. The molecule has 0 heterocycles. The van der Waals surface area contributed by atoms with Crippen LogP contribution >= 0.6 is 0 Å². The smallest absolute Gasteiger partial charge is 0.308 e. The summed E-state index contributed by atoms with van der Waals surface area (Å²) in [5, 5.41) is 0. The zero-order chi connectivity index (χ0) is 15.3. The van der Waals surface area contributed by atoms with Gasteiger partial charge in [-0.05, 0) is 42.0 Å². The van der Waals surface area contributed by atoms with Gasteiger partial charge in [0.1, 0.15) is 11.5 Å². The summed E-state index contributed by atoms with van der Waals surface area (Å²) in [6, 6.07) is 5.04. The molecule has 0 radical (unpaired) electrons. The minimum absolute atomic E-state index is 0.172. The number of benzene rings is 1. The fourth-order valence-electron chi connectivity index (χ4n) is 1.74. The lowest BCUT2D eigenvalue weighted by molar-refractivity contribution is -0.133. The second-order valence-corrected chi connectivity index (χ2v) is 6.02. The maximum absolute atomic E-state index is 11.1. The van der Waals surface area contributed by atoms with Gasteiger partial charge in [0, 0.05) is 13.8 Å². The molecule has 1 rings (SSSR count). The summed E-state index contributed by atoms with van der Waals surface area (Å²) in [4.78, 5) is 22.1. The molecule has 20 heavy (non-hydrogen) atoms. The van der Waals surface area contributed by atoms with Crippen molar-refractivity contribution in [2.45, 2.75) is 47.5 Å². The van der Waals surface area contributed by atoms with E-state index in [0.29, 0.717) is 11.5 Å². The fraction of sp³-hybridized carbons (Fsp3) is 0.500. The van der Waals surface area contributed by atoms with Gasteiger partial charge in [-0.3, -0.25) is 9.59 Å². The number of rotatable bonds is 4. The average Bonchev–Trinajstić information content (AvgIpc) is 2.26. The molecular formula is C16H22O4. The molecule has 1 aromatic carbocycles. The highest BCUT2D eigenvalue weighted by Crippen LogP contribution is 2.29. The second-order valence-electron chi connectivity index (χ2n) is 6.02. The van der Waals surface area contributed by atoms with E-state index >= 15 is 0 Å². The molecule has 0 aliphatic carbocycles. The SMILES string of the molecule is CC(=O)Oc1ccc(OC(C)=O)c(CCC(C)(C)C)c1. The van der Waals surface area contributed by atoms with Gasteiger partial charge in [0.15, 0.2) is 0 Å². The fourth-order valence-corrected chi connectivity index (χ4v) is 1.74. The van der Waals surface area contributed by atoms with Gasteiger partial charge < -0.3 is 9.47 Å². The van der Waals surface area contributed by atoms with E-state index in [1.165, 1.54) is 13.8 Å². The summed E-state index contributed by atoms with van der Waals surface area (Å²) in [6.07, 6.45) is 1.69. The lowest BCUT2D eigenvalue weighted by atomic mass is 9.88. The molecule has 0 bridgehead atoms. The quantitative estimate of drug-likeness (QED) is 0.624. The number of hydrogen-bond donors (Lipinski definition) is 0. The van der Waals surface area contributed by atoms with Crippen LogP contribution in [0, 0.1) is 5.41 Å². The first-order valence-corrected chi connectivity index (χ1v) is 6.67. The van der Waals surface area contributed by atoms with Crippen LogP contribution in [0.5, 0.6) is 11.5 Å². The van der Waals surface area contributed by atoms with Gasteiger partial charge in [0.05, 0.1) is 0 Å². The Morgan fingerprint density at radius 2 is 1.65 bits per heavy atom. The molecule has 0 unspecified atom stereocenters. The third kappa shape index (κ3) is 5.87. The lowest BCUT2D eigenvalue weighted by Gasteiger charge is -2.19. The Balaban J connectivity index is 2.99. The Hall–Kier alpha value is -1.84. The van der Waals surface area contributed by atoms with Crippen molar-refractivity contribution in [3.8, 4) is 11.5 Å². The van der Waals surface area contributed by atoms with Crippen LogP contribution in [0.25, 0.3) is 0 Å². The van der Waals surface area contributed by atoms with Crippen molar-refractivity contribution in [3.05, 3.63) is 23.8 Å². The van der Waals surface area contributed by atoms with Gasteiger partial charge in [-0.15, -0.1) is 0 Å². The van der Waals surface area contributed by atoms with Crippen molar-refractivity contribution in [1.29, 1.82) is 0 Å². The van der Waals surface area contributed by atoms with Gasteiger partial charge in [0.2, 0.25) is 0 Å². The van der Waals surface area contributed by atoms with E-state index in [2.05, 4.69) is 20.8 Å². The number of ether oxygens (including phenoxy) is 2. The Kier molecular flexibility index (Phi) is 5.31. The van der Waals surface area contributed by atoms with Gasteiger partial charge >= 0.3 is 11.9 Å². The van der Waals surface area contributed by atoms with Crippen LogP contribution < -0.4 is 9.47 Å². The van der Waals surface area contributed by atoms with E-state index in [4.69, 9.17) is 9.47 Å². The molecule has 0 N–H and O–H groups in total. The number of carbonyl (C=O) groups is 2. The second kappa shape index (κ2) is 6.55. The Morgan fingerprint density at radius 1 is 1.05 bits per heavy atom. The molecule has 0 spiro atoms. The van der Waals surface area contributed by atoms with Crippen molar-refractivity contribution in [2.24, 2.45) is 5.41 Å². The maximum atomic E-state index is 11.1. The summed E-state index contributed by atoms with van der Waals surface area (Å²) in [7, 11) is 0. The molecule has 0 atom stereocenters. The highest BCUT2D eigenvalue weighted by Gasteiger charge is 2.14. The first-order chi connectivity index (χ1) is 9.17. The molecule has 0 saturated carbocycles. The monoisotopic (exact) mass is 278 g/mol. The van der Waals surface area contributed by atoms with Crippen LogP contribution in [0.3, 0.4) is 0 Å². The van der Waals surface area contributed by atoms with Gasteiger partial charge in [-0.1, -0.05) is 20.8 Å². The molecular weight excluding hydrogens is 256 g/mol. The molecule has 110 valence electrons. The van der Waals surface area contributed by atoms with Crippen molar-refractivity contribution in [1.82, 2.24) is 0 Å². The highest BCUT2D eigenvalue weighted by molar-refractivity contribution is 5.71. The average molecular weight is 278 g/mol. The van der Waals surface area contributed by atoms with Crippen LogP contribution in [0.1, 0.15) is 46.6 Å². The van der Waals surface area contributed by atoms with Crippen LogP contribution in [-0.2, 0) is 16.0 Å². The molecule has 1 aromatic rings. The third-order valence-corrected chi connectivity index (χ3v) is 2.69. The van der Waals surface area contributed by atoms with E-state index in [1.54, 1.807) is 18.2 Å². The highest BCUT2D eigenvalue weighted by atomic mass is 16.5.